The van der Waals surface area contributed by atoms with Crippen LogP contribution in [0.5, 0.6) is 0 Å². The van der Waals surface area contributed by atoms with E-state index in [1.165, 1.54) is 5.75 Å². The minimum absolute atomic E-state index is 0.0133. The number of nitrogens with one attached hydrogen (secondary N) is 1. The van der Waals surface area contributed by atoms with E-state index < -0.39 is 0 Å². The number of thiocarbonyl (C=S) groups is 1. The first-order valence-corrected chi connectivity index (χ1v) is 8.22. The number of para-hydroxylation sites is 1. The molecule has 1 aliphatic rings. The van der Waals surface area contributed by atoms with Crippen LogP contribution in [0, 0.1) is 0 Å². The van der Waals surface area contributed by atoms with Gasteiger partial charge in [-0.2, -0.15) is 11.8 Å². The lowest BCUT2D eigenvalue weighted by Crippen LogP contribution is -2.35. The fourth-order valence-corrected chi connectivity index (χ4v) is 3.26. The van der Waals surface area contributed by atoms with Crippen LogP contribution in [0.4, 0.5) is 5.69 Å². The van der Waals surface area contributed by atoms with Gasteiger partial charge in [-0.05, 0) is 30.9 Å². The van der Waals surface area contributed by atoms with Gasteiger partial charge in [-0.15, -0.1) is 0 Å². The van der Waals surface area contributed by atoms with Crippen molar-refractivity contribution < 1.29 is 4.79 Å². The molecular formula is C14H19N3OS2. The Morgan fingerprint density at radius 2 is 2.15 bits per heavy atom. The fraction of sp³-hybridized carbons (Fsp3) is 0.429. The number of carbonyl (C=O) groups excluding carboxylic acids is 1. The molecule has 0 saturated carbocycles. The molecule has 0 aromatic heterocycles. The Hall–Kier alpha value is -1.11. The maximum atomic E-state index is 12.1. The molecule has 4 nitrogen and oxygen atoms in total. The molecule has 0 radical (unpaired) electrons. The number of carbonyl (C=O) groups is 1. The molecule has 1 saturated heterocycles. The Morgan fingerprint density at radius 1 is 1.35 bits per heavy atom. The Bertz CT molecular complexity index is 485. The van der Waals surface area contributed by atoms with Crippen molar-refractivity contribution in [2.45, 2.75) is 6.42 Å². The zero-order valence-electron chi connectivity index (χ0n) is 11.3. The third kappa shape index (κ3) is 4.47. The topological polar surface area (TPSA) is 58.4 Å². The quantitative estimate of drug-likeness (QED) is 0.829. The monoisotopic (exact) mass is 309 g/mol. The molecule has 1 amide bonds. The molecule has 3 N–H and O–H groups in total. The van der Waals surface area contributed by atoms with Crippen LogP contribution in [0.1, 0.15) is 12.0 Å². The summed E-state index contributed by atoms with van der Waals surface area (Å²) in [4.78, 5) is 14.6. The molecule has 1 fully saturated rings. The number of thioether (sulfide) groups is 1. The predicted octanol–water partition coefficient (Wildman–Crippen LogP) is 1.70. The van der Waals surface area contributed by atoms with Crippen molar-refractivity contribution in [3.8, 4) is 0 Å². The van der Waals surface area contributed by atoms with Gasteiger partial charge in [0, 0.05) is 17.9 Å². The number of nitrogens with two attached hydrogens (primary N) is 1. The van der Waals surface area contributed by atoms with E-state index in [9.17, 15) is 4.79 Å². The third-order valence-corrected chi connectivity index (χ3v) is 4.42. The van der Waals surface area contributed by atoms with E-state index in [4.69, 9.17) is 18.0 Å². The van der Waals surface area contributed by atoms with Gasteiger partial charge < -0.3 is 11.1 Å². The summed E-state index contributed by atoms with van der Waals surface area (Å²) in [5.41, 5.74) is 7.06. The standard InChI is InChI=1S/C14H19N3OS2/c15-14(19)11-4-1-2-5-12(11)16-13(18)10-17-6-3-8-20-9-7-17/h1-2,4-5H,3,6-10H2,(H2,15,19)(H,16,18). The molecule has 108 valence electrons. The van der Waals surface area contributed by atoms with E-state index in [0.29, 0.717) is 22.8 Å². The lowest BCUT2D eigenvalue weighted by molar-refractivity contribution is -0.117. The summed E-state index contributed by atoms with van der Waals surface area (Å²) in [7, 11) is 0. The highest BCUT2D eigenvalue weighted by atomic mass is 32.2. The van der Waals surface area contributed by atoms with E-state index in [1.54, 1.807) is 0 Å². The molecule has 0 atom stereocenters. The zero-order chi connectivity index (χ0) is 14.4. The van der Waals surface area contributed by atoms with Crippen LogP contribution in [0.15, 0.2) is 24.3 Å². The van der Waals surface area contributed by atoms with Crippen LogP contribution in [-0.4, -0.2) is 46.9 Å². The maximum absolute atomic E-state index is 12.1. The van der Waals surface area contributed by atoms with Gasteiger partial charge in [0.05, 0.1) is 12.2 Å². The molecule has 20 heavy (non-hydrogen) atoms. The van der Waals surface area contributed by atoms with Crippen molar-refractivity contribution in [3.63, 3.8) is 0 Å². The third-order valence-electron chi connectivity index (χ3n) is 3.15. The van der Waals surface area contributed by atoms with Gasteiger partial charge in [0.1, 0.15) is 4.99 Å². The smallest absolute Gasteiger partial charge is 0.238 e. The Labute approximate surface area is 129 Å². The van der Waals surface area contributed by atoms with Crippen molar-refractivity contribution >= 4 is 40.6 Å². The second kappa shape index (κ2) is 7.61. The Kier molecular flexibility index (Phi) is 5.82. The summed E-state index contributed by atoms with van der Waals surface area (Å²) < 4.78 is 0. The number of anilines is 1. The first-order valence-electron chi connectivity index (χ1n) is 6.65. The number of benzene rings is 1. The summed E-state index contributed by atoms with van der Waals surface area (Å²) >= 11 is 6.94. The maximum Gasteiger partial charge on any atom is 0.238 e. The van der Waals surface area contributed by atoms with Gasteiger partial charge in [0.2, 0.25) is 5.91 Å². The lowest BCUT2D eigenvalue weighted by Gasteiger charge is -2.19. The summed E-state index contributed by atoms with van der Waals surface area (Å²) in [6.45, 7) is 2.37. The summed E-state index contributed by atoms with van der Waals surface area (Å²) in [6, 6.07) is 7.36. The predicted molar refractivity (Wildman–Crippen MR) is 89.3 cm³/mol. The van der Waals surface area contributed by atoms with E-state index in [-0.39, 0.29) is 5.91 Å². The molecule has 1 aliphatic heterocycles. The van der Waals surface area contributed by atoms with Crippen LogP contribution < -0.4 is 11.1 Å². The van der Waals surface area contributed by atoms with Crippen molar-refractivity contribution in [2.75, 3.05) is 36.5 Å². The molecule has 1 aromatic carbocycles. The van der Waals surface area contributed by atoms with Crippen molar-refractivity contribution in [1.82, 2.24) is 4.90 Å². The van der Waals surface area contributed by atoms with Crippen molar-refractivity contribution in [1.29, 1.82) is 0 Å². The molecule has 0 spiro atoms. The van der Waals surface area contributed by atoms with Crippen molar-refractivity contribution in [2.24, 2.45) is 5.73 Å². The second-order valence-corrected chi connectivity index (χ2v) is 6.36. The molecule has 1 aromatic rings. The fourth-order valence-electron chi connectivity index (χ4n) is 2.16. The summed E-state index contributed by atoms with van der Waals surface area (Å²) in [5, 5.41) is 2.90. The SMILES string of the molecule is NC(=S)c1ccccc1NC(=O)CN1CCCSCC1. The largest absolute Gasteiger partial charge is 0.389 e. The lowest BCUT2D eigenvalue weighted by atomic mass is 10.2. The number of hydrogen-bond donors (Lipinski definition) is 2. The van der Waals surface area contributed by atoms with Gasteiger partial charge in [0.15, 0.2) is 0 Å². The molecule has 6 heteroatoms. The van der Waals surface area contributed by atoms with E-state index >= 15 is 0 Å². The highest BCUT2D eigenvalue weighted by Crippen LogP contribution is 2.15. The molecule has 0 aliphatic carbocycles. The average molecular weight is 309 g/mol. The number of nitrogens with zero attached hydrogens (tertiary/aromatic N) is 1. The highest BCUT2D eigenvalue weighted by molar-refractivity contribution is 7.99. The molecule has 2 rings (SSSR count). The molecule has 0 bridgehead atoms. The van der Waals surface area contributed by atoms with Crippen LogP contribution in [0.25, 0.3) is 0 Å². The molecule has 0 unspecified atom stereocenters. The van der Waals surface area contributed by atoms with Crippen molar-refractivity contribution in [3.05, 3.63) is 29.8 Å². The Balaban J connectivity index is 1.95. The molecular weight excluding hydrogens is 290 g/mol. The highest BCUT2D eigenvalue weighted by Gasteiger charge is 2.14. The van der Waals surface area contributed by atoms with E-state index in [1.807, 2.05) is 36.0 Å². The minimum atomic E-state index is -0.0133. The van der Waals surface area contributed by atoms with Gasteiger partial charge in [-0.1, -0.05) is 24.4 Å². The van der Waals surface area contributed by atoms with Crippen LogP contribution in [-0.2, 0) is 4.79 Å². The van der Waals surface area contributed by atoms with Crippen LogP contribution >= 0.6 is 24.0 Å². The van der Waals surface area contributed by atoms with Crippen LogP contribution in [0.3, 0.4) is 0 Å². The summed E-state index contributed by atoms with van der Waals surface area (Å²) in [5.74, 6) is 2.26. The van der Waals surface area contributed by atoms with Gasteiger partial charge >= 0.3 is 0 Å². The first kappa shape index (κ1) is 15.3. The van der Waals surface area contributed by atoms with Gasteiger partial charge in [-0.3, -0.25) is 9.69 Å². The zero-order valence-corrected chi connectivity index (χ0v) is 12.9. The molecule has 1 heterocycles. The summed E-state index contributed by atoms with van der Waals surface area (Å²) in [6.07, 6.45) is 1.14. The number of amides is 1. The van der Waals surface area contributed by atoms with Gasteiger partial charge in [0.25, 0.3) is 0 Å². The Morgan fingerprint density at radius 3 is 2.95 bits per heavy atom. The van der Waals surface area contributed by atoms with Gasteiger partial charge in [-0.25, -0.2) is 0 Å². The van der Waals surface area contributed by atoms with Crippen LogP contribution in [0.2, 0.25) is 0 Å². The average Bonchev–Trinajstić information content (AvgIpc) is 2.67. The van der Waals surface area contributed by atoms with E-state index in [2.05, 4.69) is 10.2 Å². The normalized spacial score (nSPS) is 16.4. The first-order chi connectivity index (χ1) is 9.66. The second-order valence-electron chi connectivity index (χ2n) is 4.70. The number of rotatable bonds is 4. The minimum Gasteiger partial charge on any atom is -0.389 e. The number of hydrogen-bond acceptors (Lipinski definition) is 4. The van der Waals surface area contributed by atoms with E-state index in [0.717, 1.165) is 25.3 Å².